The summed E-state index contributed by atoms with van der Waals surface area (Å²) in [6.07, 6.45) is 4.01. The molecule has 3 rings (SSSR count). The third-order valence-corrected chi connectivity index (χ3v) is 6.91. The molecule has 0 aliphatic heterocycles. The Morgan fingerprint density at radius 2 is 2.07 bits per heavy atom. The number of aliphatic hydroxyl groups is 1. The van der Waals surface area contributed by atoms with E-state index in [9.17, 15) is 9.90 Å². The molecule has 0 bridgehead atoms. The number of carbonyl (C=O) groups excluding carboxylic acids is 1. The van der Waals surface area contributed by atoms with Crippen LogP contribution in [-0.4, -0.2) is 28.8 Å². The van der Waals surface area contributed by atoms with Crippen molar-refractivity contribution in [2.45, 2.75) is 62.3 Å². The number of aromatic nitrogens is 1. The van der Waals surface area contributed by atoms with Crippen LogP contribution in [0.1, 0.15) is 55.8 Å². The summed E-state index contributed by atoms with van der Waals surface area (Å²) in [4.78, 5) is 14.9. The molecule has 0 radical (unpaired) electrons. The number of hydrogen-bond acceptors (Lipinski definition) is 5. The quantitative estimate of drug-likeness (QED) is 0.703. The number of amides is 1. The van der Waals surface area contributed by atoms with E-state index in [2.05, 4.69) is 24.3 Å². The number of benzene rings is 1. The molecule has 0 saturated heterocycles. The van der Waals surface area contributed by atoms with E-state index in [4.69, 9.17) is 4.52 Å². The lowest BCUT2D eigenvalue weighted by Crippen LogP contribution is -2.49. The predicted octanol–water partition coefficient (Wildman–Crippen LogP) is 4.69. The van der Waals surface area contributed by atoms with E-state index in [0.717, 1.165) is 41.2 Å². The van der Waals surface area contributed by atoms with Gasteiger partial charge in [0, 0.05) is 17.5 Å². The normalized spacial score (nSPS) is 22.4. The van der Waals surface area contributed by atoms with Gasteiger partial charge in [-0.3, -0.25) is 4.79 Å². The smallest absolute Gasteiger partial charge is 0.291 e. The van der Waals surface area contributed by atoms with E-state index in [1.54, 1.807) is 0 Å². The lowest BCUT2D eigenvalue weighted by Gasteiger charge is -2.40. The maximum Gasteiger partial charge on any atom is 0.291 e. The second-order valence-electron chi connectivity index (χ2n) is 7.95. The standard InChI is InChI=1S/C22H30N2O3S/c1-14(2)18-11-7-8-16(12-13-25)19(18)23-22(26)20-21(15(3)24-27-20)28-17-9-5-4-6-10-17/h4-6,9-10,14,16,18-19,25H,7-8,11-13H2,1-3H3,(H,23,26)/t16?,18-,19-/m1/s1. The SMILES string of the molecule is Cc1noc(C(=O)N[C@@H]2C(CCO)CCC[C@@H]2C(C)C)c1Sc1ccccc1. The van der Waals surface area contributed by atoms with Gasteiger partial charge in [0.25, 0.3) is 5.91 Å². The van der Waals surface area contributed by atoms with E-state index in [1.165, 1.54) is 11.8 Å². The molecule has 1 amide bonds. The molecule has 1 unspecified atom stereocenters. The first-order valence-corrected chi connectivity index (χ1v) is 10.9. The maximum atomic E-state index is 13.1. The summed E-state index contributed by atoms with van der Waals surface area (Å²) in [7, 11) is 0. The highest BCUT2D eigenvalue weighted by atomic mass is 32.2. The van der Waals surface area contributed by atoms with Crippen molar-refractivity contribution in [1.29, 1.82) is 0 Å². The zero-order valence-corrected chi connectivity index (χ0v) is 17.7. The van der Waals surface area contributed by atoms with Crippen LogP contribution in [0.25, 0.3) is 0 Å². The van der Waals surface area contributed by atoms with Crippen LogP contribution in [-0.2, 0) is 0 Å². The molecule has 152 valence electrons. The molecule has 1 saturated carbocycles. The minimum Gasteiger partial charge on any atom is -0.396 e. The van der Waals surface area contributed by atoms with E-state index < -0.39 is 0 Å². The van der Waals surface area contributed by atoms with Crippen molar-refractivity contribution in [3.63, 3.8) is 0 Å². The van der Waals surface area contributed by atoms with Crippen LogP contribution in [0, 0.1) is 24.7 Å². The minimum absolute atomic E-state index is 0.0494. The molecule has 1 heterocycles. The molecule has 1 aliphatic rings. The van der Waals surface area contributed by atoms with Gasteiger partial charge >= 0.3 is 0 Å². The van der Waals surface area contributed by atoms with Crippen LogP contribution in [0.15, 0.2) is 44.6 Å². The first-order chi connectivity index (χ1) is 13.5. The van der Waals surface area contributed by atoms with Crippen molar-refractivity contribution < 1.29 is 14.4 Å². The van der Waals surface area contributed by atoms with Gasteiger partial charge in [-0.1, -0.05) is 55.4 Å². The van der Waals surface area contributed by atoms with Gasteiger partial charge in [-0.15, -0.1) is 0 Å². The van der Waals surface area contributed by atoms with Gasteiger partial charge in [-0.25, -0.2) is 0 Å². The Morgan fingerprint density at radius 1 is 1.32 bits per heavy atom. The van der Waals surface area contributed by atoms with Gasteiger partial charge in [-0.05, 0) is 56.1 Å². The predicted molar refractivity (Wildman–Crippen MR) is 110 cm³/mol. The zero-order chi connectivity index (χ0) is 20.1. The number of hydrogen-bond donors (Lipinski definition) is 2. The molecule has 5 nitrogen and oxygen atoms in total. The second-order valence-corrected chi connectivity index (χ2v) is 9.04. The maximum absolute atomic E-state index is 13.1. The van der Waals surface area contributed by atoms with Gasteiger partial charge in [0.1, 0.15) is 0 Å². The Bertz CT molecular complexity index is 773. The average molecular weight is 403 g/mol. The summed E-state index contributed by atoms with van der Waals surface area (Å²) in [5, 5.41) is 16.8. The van der Waals surface area contributed by atoms with E-state index in [1.807, 2.05) is 37.3 Å². The highest BCUT2D eigenvalue weighted by molar-refractivity contribution is 7.99. The molecule has 0 spiro atoms. The van der Waals surface area contributed by atoms with Crippen LogP contribution in [0.4, 0.5) is 0 Å². The van der Waals surface area contributed by atoms with Crippen LogP contribution in [0.2, 0.25) is 0 Å². The Balaban J connectivity index is 1.81. The summed E-state index contributed by atoms with van der Waals surface area (Å²) in [5.41, 5.74) is 0.718. The number of nitrogens with zero attached hydrogens (tertiary/aromatic N) is 1. The van der Waals surface area contributed by atoms with Gasteiger partial charge in [0.15, 0.2) is 0 Å². The summed E-state index contributed by atoms with van der Waals surface area (Å²) in [6, 6.07) is 9.97. The molecule has 1 aromatic heterocycles. The lowest BCUT2D eigenvalue weighted by atomic mass is 9.71. The molecular formula is C22H30N2O3S. The molecule has 2 aromatic rings. The van der Waals surface area contributed by atoms with E-state index >= 15 is 0 Å². The highest BCUT2D eigenvalue weighted by Gasteiger charge is 2.36. The Morgan fingerprint density at radius 3 is 2.75 bits per heavy atom. The largest absolute Gasteiger partial charge is 0.396 e. The Hall–Kier alpha value is -1.79. The zero-order valence-electron chi connectivity index (χ0n) is 16.9. The van der Waals surface area contributed by atoms with Gasteiger partial charge in [0.05, 0.1) is 10.6 Å². The molecule has 1 aliphatic carbocycles. The third kappa shape index (κ3) is 4.78. The molecule has 1 fully saturated rings. The first-order valence-electron chi connectivity index (χ1n) is 10.1. The van der Waals surface area contributed by atoms with Crippen molar-refractivity contribution in [1.82, 2.24) is 10.5 Å². The second kappa shape index (κ2) is 9.61. The molecule has 28 heavy (non-hydrogen) atoms. The van der Waals surface area contributed by atoms with Crippen LogP contribution < -0.4 is 5.32 Å². The molecule has 2 N–H and O–H groups in total. The van der Waals surface area contributed by atoms with Crippen LogP contribution in [0.5, 0.6) is 0 Å². The van der Waals surface area contributed by atoms with E-state index in [0.29, 0.717) is 17.8 Å². The fraction of sp³-hybridized carbons (Fsp3) is 0.545. The van der Waals surface area contributed by atoms with Crippen molar-refractivity contribution in [3.8, 4) is 0 Å². The first kappa shape index (κ1) is 20.9. The summed E-state index contributed by atoms with van der Waals surface area (Å²) < 4.78 is 5.43. The monoisotopic (exact) mass is 402 g/mol. The number of carbonyl (C=O) groups is 1. The third-order valence-electron chi connectivity index (χ3n) is 5.71. The lowest BCUT2D eigenvalue weighted by molar-refractivity contribution is 0.0751. The summed E-state index contributed by atoms with van der Waals surface area (Å²) in [6.45, 7) is 6.43. The Labute approximate surface area is 171 Å². The minimum atomic E-state index is -0.209. The van der Waals surface area contributed by atoms with E-state index in [-0.39, 0.29) is 24.3 Å². The molecule has 6 heteroatoms. The van der Waals surface area contributed by atoms with Crippen molar-refractivity contribution >= 4 is 17.7 Å². The van der Waals surface area contributed by atoms with Crippen molar-refractivity contribution in [2.75, 3.05) is 6.61 Å². The van der Waals surface area contributed by atoms with Gasteiger partial charge in [0.2, 0.25) is 5.76 Å². The number of aryl methyl sites for hydroxylation is 1. The average Bonchev–Trinajstić information content (AvgIpc) is 3.04. The number of rotatable bonds is 7. The Kier molecular flexibility index (Phi) is 7.18. The number of nitrogens with one attached hydrogen (secondary N) is 1. The highest BCUT2D eigenvalue weighted by Crippen LogP contribution is 2.37. The van der Waals surface area contributed by atoms with Crippen molar-refractivity contribution in [2.24, 2.45) is 17.8 Å². The summed E-state index contributed by atoms with van der Waals surface area (Å²) in [5.74, 6) is 1.25. The van der Waals surface area contributed by atoms with Crippen LogP contribution in [0.3, 0.4) is 0 Å². The topological polar surface area (TPSA) is 75.4 Å². The molecule has 1 aromatic carbocycles. The van der Waals surface area contributed by atoms with Gasteiger partial charge < -0.3 is 14.9 Å². The van der Waals surface area contributed by atoms with Crippen LogP contribution >= 0.6 is 11.8 Å². The fourth-order valence-corrected chi connectivity index (χ4v) is 5.17. The molecular weight excluding hydrogens is 372 g/mol. The molecule has 3 atom stereocenters. The van der Waals surface area contributed by atoms with Crippen molar-refractivity contribution in [3.05, 3.63) is 41.8 Å². The number of aliphatic hydroxyl groups excluding tert-OH is 1. The fourth-order valence-electron chi connectivity index (χ4n) is 4.24. The van der Waals surface area contributed by atoms with Gasteiger partial charge in [-0.2, -0.15) is 0 Å². The summed E-state index contributed by atoms with van der Waals surface area (Å²) >= 11 is 1.50.